The van der Waals surface area contributed by atoms with E-state index in [1.807, 2.05) is 24.3 Å². The summed E-state index contributed by atoms with van der Waals surface area (Å²) in [6.07, 6.45) is 3.21. The number of nitrogens with zero attached hydrogens (tertiary/aromatic N) is 1. The van der Waals surface area contributed by atoms with Crippen molar-refractivity contribution in [1.82, 2.24) is 4.90 Å². The number of amides is 1. The van der Waals surface area contributed by atoms with Gasteiger partial charge in [0.05, 0.1) is 20.0 Å². The van der Waals surface area contributed by atoms with Crippen LogP contribution in [0.15, 0.2) is 47.1 Å². The van der Waals surface area contributed by atoms with Gasteiger partial charge in [-0.05, 0) is 49.2 Å². The molecule has 2 heterocycles. The number of carbonyl (C=O) groups is 2. The maximum Gasteiger partial charge on any atom is 0.298 e. The second kappa shape index (κ2) is 7.88. The van der Waals surface area contributed by atoms with Gasteiger partial charge in [0, 0.05) is 19.0 Å². The van der Waals surface area contributed by atoms with Gasteiger partial charge in [0.25, 0.3) is 11.7 Å². The molecule has 1 saturated heterocycles. The molecule has 0 aliphatic carbocycles. The summed E-state index contributed by atoms with van der Waals surface area (Å²) < 4.78 is 16.0. The average molecular weight is 343 g/mol. The number of rotatable bonds is 6. The number of hydrogen-bond acceptors (Lipinski definition) is 5. The Morgan fingerprint density at radius 1 is 1.20 bits per heavy atom. The molecule has 0 saturated carbocycles. The number of benzene rings is 1. The molecule has 0 N–H and O–H groups in total. The lowest BCUT2D eigenvalue weighted by molar-refractivity contribution is -0.128. The molecule has 132 valence electrons. The normalized spacial score (nSPS) is 17.2. The Kier molecular flexibility index (Phi) is 5.38. The number of hydrogen-bond donors (Lipinski definition) is 0. The summed E-state index contributed by atoms with van der Waals surface area (Å²) in [5.41, 5.74) is 0. The zero-order valence-corrected chi connectivity index (χ0v) is 14.1. The van der Waals surface area contributed by atoms with Crippen molar-refractivity contribution in [2.24, 2.45) is 5.92 Å². The molecule has 1 aromatic carbocycles. The third-order valence-electron chi connectivity index (χ3n) is 4.29. The highest BCUT2D eigenvalue weighted by atomic mass is 16.5. The number of methoxy groups -OCH3 is 1. The van der Waals surface area contributed by atoms with Crippen molar-refractivity contribution in [3.8, 4) is 11.5 Å². The van der Waals surface area contributed by atoms with Crippen LogP contribution >= 0.6 is 0 Å². The van der Waals surface area contributed by atoms with Crippen molar-refractivity contribution in [3.63, 3.8) is 0 Å². The minimum Gasteiger partial charge on any atom is -0.497 e. The maximum absolute atomic E-state index is 12.3. The molecule has 1 aromatic heterocycles. The second-order valence-corrected chi connectivity index (χ2v) is 6.05. The summed E-state index contributed by atoms with van der Waals surface area (Å²) in [6, 6.07) is 10.5. The van der Waals surface area contributed by atoms with E-state index in [2.05, 4.69) is 0 Å². The topological polar surface area (TPSA) is 69.0 Å². The smallest absolute Gasteiger partial charge is 0.298 e. The van der Waals surface area contributed by atoms with Crippen LogP contribution in [-0.2, 0) is 4.79 Å². The third kappa shape index (κ3) is 4.21. The van der Waals surface area contributed by atoms with Crippen LogP contribution in [0.25, 0.3) is 0 Å². The lowest BCUT2D eigenvalue weighted by Gasteiger charge is -2.32. The number of furan rings is 1. The van der Waals surface area contributed by atoms with Gasteiger partial charge >= 0.3 is 0 Å². The number of carbonyl (C=O) groups excluding carboxylic acids is 2. The zero-order chi connectivity index (χ0) is 17.6. The van der Waals surface area contributed by atoms with Crippen LogP contribution in [0.3, 0.4) is 0 Å². The van der Waals surface area contributed by atoms with E-state index in [0.29, 0.717) is 19.7 Å². The van der Waals surface area contributed by atoms with Crippen molar-refractivity contribution in [2.75, 3.05) is 26.8 Å². The molecule has 0 spiro atoms. The van der Waals surface area contributed by atoms with E-state index in [1.54, 1.807) is 18.1 Å². The molecule has 1 unspecified atom stereocenters. The van der Waals surface area contributed by atoms with Gasteiger partial charge in [-0.25, -0.2) is 0 Å². The van der Waals surface area contributed by atoms with Crippen molar-refractivity contribution in [1.29, 1.82) is 0 Å². The van der Waals surface area contributed by atoms with Gasteiger partial charge in [-0.15, -0.1) is 0 Å². The molecular weight excluding hydrogens is 322 g/mol. The quantitative estimate of drug-likeness (QED) is 0.596. The van der Waals surface area contributed by atoms with Crippen LogP contribution in [0.4, 0.5) is 0 Å². The standard InChI is InChI=1S/C19H21NO5/c1-23-15-6-8-16(9-7-15)25-13-14-4-2-10-20(12-14)19(22)18(21)17-5-3-11-24-17/h3,5-9,11,14H,2,4,10,12-13H2,1H3. The minimum atomic E-state index is -0.596. The van der Waals surface area contributed by atoms with E-state index in [4.69, 9.17) is 13.9 Å². The van der Waals surface area contributed by atoms with Gasteiger partial charge in [-0.1, -0.05) is 0 Å². The SMILES string of the molecule is COc1ccc(OCC2CCCN(C(=O)C(=O)c3ccco3)C2)cc1. The Labute approximate surface area is 146 Å². The monoisotopic (exact) mass is 343 g/mol. The molecular formula is C19H21NO5. The first-order valence-corrected chi connectivity index (χ1v) is 8.31. The third-order valence-corrected chi connectivity index (χ3v) is 4.29. The predicted molar refractivity (Wildman–Crippen MR) is 90.8 cm³/mol. The molecule has 0 radical (unpaired) electrons. The highest BCUT2D eigenvalue weighted by Gasteiger charge is 2.30. The lowest BCUT2D eigenvalue weighted by Crippen LogP contribution is -2.44. The van der Waals surface area contributed by atoms with Crippen LogP contribution in [0.1, 0.15) is 23.4 Å². The second-order valence-electron chi connectivity index (χ2n) is 6.05. The number of ether oxygens (including phenoxy) is 2. The van der Waals surface area contributed by atoms with Crippen molar-refractivity contribution in [3.05, 3.63) is 48.4 Å². The van der Waals surface area contributed by atoms with E-state index in [-0.39, 0.29) is 11.7 Å². The Morgan fingerprint density at radius 3 is 2.64 bits per heavy atom. The van der Waals surface area contributed by atoms with Gasteiger partial charge in [-0.3, -0.25) is 9.59 Å². The first kappa shape index (κ1) is 17.1. The molecule has 25 heavy (non-hydrogen) atoms. The fraction of sp³-hybridized carbons (Fsp3) is 0.368. The molecule has 6 nitrogen and oxygen atoms in total. The summed E-state index contributed by atoms with van der Waals surface area (Å²) in [4.78, 5) is 26.1. The van der Waals surface area contributed by atoms with Crippen LogP contribution in [0, 0.1) is 5.92 Å². The molecule has 1 aliphatic heterocycles. The molecule has 1 atom stereocenters. The molecule has 6 heteroatoms. The summed E-state index contributed by atoms with van der Waals surface area (Å²) in [5.74, 6) is 0.714. The molecule has 1 aliphatic rings. The summed E-state index contributed by atoms with van der Waals surface area (Å²) in [6.45, 7) is 1.61. The van der Waals surface area contributed by atoms with E-state index in [1.165, 1.54) is 12.3 Å². The number of Topliss-reactive ketones (excluding diaryl/α,β-unsaturated/α-hetero) is 1. The highest BCUT2D eigenvalue weighted by molar-refractivity contribution is 6.41. The Bertz CT molecular complexity index is 708. The van der Waals surface area contributed by atoms with Crippen LogP contribution in [0.5, 0.6) is 11.5 Å². The van der Waals surface area contributed by atoms with Crippen molar-refractivity contribution in [2.45, 2.75) is 12.8 Å². The van der Waals surface area contributed by atoms with Gasteiger partial charge in [0.15, 0.2) is 5.76 Å². The molecule has 1 amide bonds. The number of likely N-dealkylation sites (tertiary alicyclic amines) is 1. The Hall–Kier alpha value is -2.76. The van der Waals surface area contributed by atoms with Gasteiger partial charge in [0.2, 0.25) is 0 Å². The van der Waals surface area contributed by atoms with Crippen LogP contribution < -0.4 is 9.47 Å². The van der Waals surface area contributed by atoms with Gasteiger partial charge in [0.1, 0.15) is 11.5 Å². The largest absolute Gasteiger partial charge is 0.497 e. The summed E-state index contributed by atoms with van der Waals surface area (Å²) in [7, 11) is 1.62. The summed E-state index contributed by atoms with van der Waals surface area (Å²) in [5, 5.41) is 0. The van der Waals surface area contributed by atoms with E-state index in [9.17, 15) is 9.59 Å². The first-order valence-electron chi connectivity index (χ1n) is 8.31. The average Bonchev–Trinajstić information content (AvgIpc) is 3.20. The first-order chi connectivity index (χ1) is 12.2. The fourth-order valence-corrected chi connectivity index (χ4v) is 2.93. The molecule has 0 bridgehead atoms. The van der Waals surface area contributed by atoms with Gasteiger partial charge in [-0.2, -0.15) is 0 Å². The van der Waals surface area contributed by atoms with Gasteiger partial charge < -0.3 is 18.8 Å². The number of piperidine rings is 1. The zero-order valence-electron chi connectivity index (χ0n) is 14.1. The lowest BCUT2D eigenvalue weighted by atomic mass is 9.98. The molecule has 1 fully saturated rings. The van der Waals surface area contributed by atoms with E-state index >= 15 is 0 Å². The molecule has 3 rings (SSSR count). The number of ketones is 1. The van der Waals surface area contributed by atoms with E-state index < -0.39 is 11.7 Å². The fourth-order valence-electron chi connectivity index (χ4n) is 2.93. The van der Waals surface area contributed by atoms with Crippen molar-refractivity contribution >= 4 is 11.7 Å². The molecule has 2 aromatic rings. The van der Waals surface area contributed by atoms with E-state index in [0.717, 1.165) is 24.3 Å². The maximum atomic E-state index is 12.3. The Balaban J connectivity index is 1.53. The Morgan fingerprint density at radius 2 is 1.96 bits per heavy atom. The van der Waals surface area contributed by atoms with Crippen LogP contribution in [0.2, 0.25) is 0 Å². The summed E-state index contributed by atoms with van der Waals surface area (Å²) >= 11 is 0. The predicted octanol–water partition coefficient (Wildman–Crippen LogP) is 2.79. The highest BCUT2D eigenvalue weighted by Crippen LogP contribution is 2.21. The van der Waals surface area contributed by atoms with Crippen LogP contribution in [-0.4, -0.2) is 43.4 Å². The minimum absolute atomic E-state index is 0.0848. The van der Waals surface area contributed by atoms with Crippen molar-refractivity contribution < 1.29 is 23.5 Å².